The Balaban J connectivity index is 2.09. The van der Waals surface area contributed by atoms with Gasteiger partial charge in [0, 0.05) is 17.7 Å². The van der Waals surface area contributed by atoms with Crippen molar-refractivity contribution in [1.29, 1.82) is 0 Å². The first kappa shape index (κ1) is 10.5. The Bertz CT molecular complexity index is 592. The van der Waals surface area contributed by atoms with Gasteiger partial charge in [0.2, 0.25) is 6.23 Å². The average molecular weight is 245 g/mol. The van der Waals surface area contributed by atoms with Crippen LogP contribution in [-0.4, -0.2) is 22.9 Å². The van der Waals surface area contributed by atoms with Crippen LogP contribution >= 0.6 is 0 Å². The molecule has 6 nitrogen and oxygen atoms in total. The largest absolute Gasteiger partial charge is 0.431 e. The van der Waals surface area contributed by atoms with E-state index < -0.39 is 24.1 Å². The first-order valence-electron chi connectivity index (χ1n) is 5.20. The third kappa shape index (κ3) is 1.46. The van der Waals surface area contributed by atoms with Crippen molar-refractivity contribution < 1.29 is 24.0 Å². The van der Waals surface area contributed by atoms with Crippen molar-refractivity contribution >= 4 is 17.8 Å². The Morgan fingerprint density at radius 2 is 1.72 bits per heavy atom. The highest BCUT2D eigenvalue weighted by molar-refractivity contribution is 6.00. The summed E-state index contributed by atoms with van der Waals surface area (Å²) in [5.41, 5.74) is 0.851. The van der Waals surface area contributed by atoms with Gasteiger partial charge in [0.1, 0.15) is 0 Å². The van der Waals surface area contributed by atoms with Gasteiger partial charge in [0.15, 0.2) is 0 Å². The summed E-state index contributed by atoms with van der Waals surface area (Å²) in [6.45, 7) is 0. The van der Waals surface area contributed by atoms with Crippen LogP contribution in [0.25, 0.3) is 0 Å². The fourth-order valence-electron chi connectivity index (χ4n) is 1.87. The van der Waals surface area contributed by atoms with Crippen molar-refractivity contribution in [1.82, 2.24) is 5.06 Å². The van der Waals surface area contributed by atoms with Crippen molar-refractivity contribution in [2.45, 2.75) is 6.23 Å². The molecule has 0 aliphatic carbocycles. The first-order valence-corrected chi connectivity index (χ1v) is 5.20. The molecule has 0 fully saturated rings. The maximum absolute atomic E-state index is 12.0. The zero-order valence-corrected chi connectivity index (χ0v) is 9.03. The van der Waals surface area contributed by atoms with E-state index in [0.717, 1.165) is 17.2 Å². The van der Waals surface area contributed by atoms with E-state index in [1.165, 1.54) is 0 Å². The molecular weight excluding hydrogens is 238 g/mol. The molecule has 1 aromatic rings. The van der Waals surface area contributed by atoms with Crippen molar-refractivity contribution in [3.63, 3.8) is 0 Å². The molecule has 1 aromatic carbocycles. The van der Waals surface area contributed by atoms with Gasteiger partial charge < -0.3 is 9.57 Å². The molecule has 2 heterocycles. The van der Waals surface area contributed by atoms with Gasteiger partial charge in [0.05, 0.1) is 5.56 Å². The molecule has 2 aliphatic heterocycles. The van der Waals surface area contributed by atoms with E-state index in [1.54, 1.807) is 24.3 Å². The molecule has 18 heavy (non-hydrogen) atoms. The van der Waals surface area contributed by atoms with Gasteiger partial charge in [-0.05, 0) is 6.07 Å². The highest BCUT2D eigenvalue weighted by Gasteiger charge is 2.42. The molecular formula is C12H7NO5. The number of hydrogen-bond donors (Lipinski definition) is 0. The molecule has 1 amide bonds. The molecule has 0 bridgehead atoms. The molecule has 0 aromatic heterocycles. The highest BCUT2D eigenvalue weighted by Crippen LogP contribution is 2.35. The number of ether oxygens (including phenoxy) is 1. The summed E-state index contributed by atoms with van der Waals surface area (Å²) >= 11 is 0. The number of nitrogens with zero attached hydrogens (tertiary/aromatic N) is 1. The number of esters is 1. The molecule has 0 saturated carbocycles. The molecule has 0 saturated heterocycles. The minimum atomic E-state index is -1.02. The van der Waals surface area contributed by atoms with Gasteiger partial charge >= 0.3 is 11.9 Å². The molecule has 2 aliphatic rings. The number of amides is 1. The summed E-state index contributed by atoms with van der Waals surface area (Å²) in [5.74, 6) is -2.00. The molecule has 1 unspecified atom stereocenters. The average Bonchev–Trinajstić information content (AvgIpc) is 2.61. The minimum Gasteiger partial charge on any atom is -0.431 e. The minimum absolute atomic E-state index is 0.352. The van der Waals surface area contributed by atoms with Crippen molar-refractivity contribution in [2.75, 3.05) is 0 Å². The lowest BCUT2D eigenvalue weighted by Gasteiger charge is -2.23. The Hall–Kier alpha value is -2.63. The molecule has 1 atom stereocenters. The Morgan fingerprint density at radius 3 is 2.56 bits per heavy atom. The number of carbonyl (C=O) groups excluding carboxylic acids is 3. The number of benzene rings is 1. The van der Waals surface area contributed by atoms with Crippen LogP contribution < -0.4 is 0 Å². The number of hydrogen-bond acceptors (Lipinski definition) is 5. The zero-order valence-electron chi connectivity index (χ0n) is 9.03. The fourth-order valence-corrected chi connectivity index (χ4v) is 1.87. The standard InChI is InChI=1S/C12H7NO5/c14-9-5-6-10(15)18-13-11(16)7-3-1-2-4-8(7)12(13)17-9/h1-6,12H/b6-5+. The van der Waals surface area contributed by atoms with Gasteiger partial charge in [-0.3, -0.25) is 4.79 Å². The van der Waals surface area contributed by atoms with Crippen molar-refractivity contribution in [3.8, 4) is 0 Å². The van der Waals surface area contributed by atoms with Gasteiger partial charge in [-0.25, -0.2) is 9.59 Å². The molecule has 0 spiro atoms. The fraction of sp³-hybridized carbons (Fsp3) is 0.0833. The van der Waals surface area contributed by atoms with Crippen molar-refractivity contribution in [3.05, 3.63) is 47.5 Å². The molecule has 0 radical (unpaired) electrons. The summed E-state index contributed by atoms with van der Waals surface area (Å²) in [4.78, 5) is 39.5. The second kappa shape index (κ2) is 3.69. The van der Waals surface area contributed by atoms with Crippen LogP contribution in [-0.2, 0) is 19.2 Å². The summed E-state index contributed by atoms with van der Waals surface area (Å²) in [6.07, 6.45) is 0.856. The predicted molar refractivity (Wildman–Crippen MR) is 56.7 cm³/mol. The third-order valence-electron chi connectivity index (χ3n) is 2.64. The highest BCUT2D eigenvalue weighted by atomic mass is 16.7. The summed E-state index contributed by atoms with van der Waals surface area (Å²) in [5, 5.41) is 0.772. The normalized spacial score (nSPS) is 23.4. The van der Waals surface area contributed by atoms with E-state index in [1.807, 2.05) is 0 Å². The monoisotopic (exact) mass is 245 g/mol. The Labute approximate surface area is 101 Å². The van der Waals surface area contributed by atoms with Crippen LogP contribution in [0.4, 0.5) is 0 Å². The van der Waals surface area contributed by atoms with E-state index in [0.29, 0.717) is 11.1 Å². The van der Waals surface area contributed by atoms with Crippen molar-refractivity contribution in [2.24, 2.45) is 0 Å². The van der Waals surface area contributed by atoms with Crippen LogP contribution in [0.2, 0.25) is 0 Å². The SMILES string of the molecule is O=C1/C=C/C(=O)ON2C(=O)c3ccccc3C2O1. The first-order chi connectivity index (χ1) is 8.66. The molecule has 90 valence electrons. The number of rotatable bonds is 0. The lowest BCUT2D eigenvalue weighted by molar-refractivity contribution is -0.214. The summed E-state index contributed by atoms with van der Waals surface area (Å²) in [7, 11) is 0. The molecule has 3 rings (SSSR count). The molecule has 0 N–H and O–H groups in total. The second-order valence-electron chi connectivity index (χ2n) is 3.75. The van der Waals surface area contributed by atoms with E-state index in [4.69, 9.17) is 9.57 Å². The predicted octanol–water partition coefficient (Wildman–Crippen LogP) is 0.712. The lowest BCUT2D eigenvalue weighted by atomic mass is 10.1. The smallest absolute Gasteiger partial charge is 0.356 e. The van der Waals surface area contributed by atoms with Gasteiger partial charge in [0.25, 0.3) is 5.91 Å². The number of carbonyl (C=O) groups is 3. The number of fused-ring (bicyclic) bond motifs is 3. The van der Waals surface area contributed by atoms with Crippen LogP contribution in [0.1, 0.15) is 22.1 Å². The quantitative estimate of drug-likeness (QED) is 0.629. The zero-order chi connectivity index (χ0) is 12.7. The van der Waals surface area contributed by atoms with E-state index in [9.17, 15) is 14.4 Å². The third-order valence-corrected chi connectivity index (χ3v) is 2.64. The van der Waals surface area contributed by atoms with Gasteiger partial charge in [-0.1, -0.05) is 18.2 Å². The van der Waals surface area contributed by atoms with E-state index >= 15 is 0 Å². The Kier molecular flexibility index (Phi) is 2.16. The maximum Gasteiger partial charge on any atom is 0.356 e. The van der Waals surface area contributed by atoms with E-state index in [2.05, 4.69) is 0 Å². The maximum atomic E-state index is 12.0. The second-order valence-corrected chi connectivity index (χ2v) is 3.75. The van der Waals surface area contributed by atoms with Gasteiger partial charge in [-0.2, -0.15) is 0 Å². The van der Waals surface area contributed by atoms with Crippen LogP contribution in [0.3, 0.4) is 0 Å². The van der Waals surface area contributed by atoms with E-state index in [-0.39, 0.29) is 0 Å². The van der Waals surface area contributed by atoms with Gasteiger partial charge in [-0.15, -0.1) is 5.06 Å². The van der Waals surface area contributed by atoms with Crippen LogP contribution in [0, 0.1) is 0 Å². The lowest BCUT2D eigenvalue weighted by Crippen LogP contribution is -2.34. The molecule has 6 heteroatoms. The number of hydroxylamine groups is 2. The van der Waals surface area contributed by atoms with Crippen LogP contribution in [0.15, 0.2) is 36.4 Å². The summed E-state index contributed by atoms with van der Waals surface area (Å²) in [6, 6.07) is 6.61. The van der Waals surface area contributed by atoms with Crippen LogP contribution in [0.5, 0.6) is 0 Å². The topological polar surface area (TPSA) is 72.9 Å². The Morgan fingerprint density at radius 1 is 1.00 bits per heavy atom. The summed E-state index contributed by atoms with van der Waals surface area (Å²) < 4.78 is 5.06.